The number of carbonyl (C=O) groups excluding carboxylic acids is 1. The van der Waals surface area contributed by atoms with E-state index in [2.05, 4.69) is 28.7 Å². The van der Waals surface area contributed by atoms with Crippen molar-refractivity contribution in [2.24, 2.45) is 0 Å². The van der Waals surface area contributed by atoms with Crippen LogP contribution in [0.3, 0.4) is 0 Å². The van der Waals surface area contributed by atoms with Crippen LogP contribution in [-0.2, 0) is 0 Å². The summed E-state index contributed by atoms with van der Waals surface area (Å²) in [5.74, 6) is 0.0948. The van der Waals surface area contributed by atoms with Gasteiger partial charge < -0.3 is 10.6 Å². The smallest absolute Gasteiger partial charge is 0.258 e. The maximum absolute atomic E-state index is 13.3. The van der Waals surface area contributed by atoms with Crippen molar-refractivity contribution in [2.75, 3.05) is 5.73 Å². The molecule has 3 rings (SSSR count). The lowest BCUT2D eigenvalue weighted by atomic mass is 9.94. The molecule has 25 heavy (non-hydrogen) atoms. The predicted molar refractivity (Wildman–Crippen MR) is 98.9 cm³/mol. The molecule has 0 bridgehead atoms. The van der Waals surface area contributed by atoms with E-state index in [1.807, 2.05) is 41.3 Å². The quantitative estimate of drug-likeness (QED) is 0.869. The molecule has 2 atom stereocenters. The molecule has 1 aromatic carbocycles. The topological polar surface area (TPSA) is 72.1 Å². The largest absolute Gasteiger partial charge is 0.368 e. The van der Waals surface area contributed by atoms with Gasteiger partial charge in [-0.15, -0.1) is 6.58 Å². The van der Waals surface area contributed by atoms with E-state index in [-0.39, 0.29) is 23.9 Å². The average Bonchev–Trinajstić information content (AvgIpc) is 2.62. The van der Waals surface area contributed by atoms with E-state index in [1.165, 1.54) is 6.20 Å². The van der Waals surface area contributed by atoms with Crippen molar-refractivity contribution in [1.82, 2.24) is 14.9 Å². The second kappa shape index (κ2) is 7.30. The lowest BCUT2D eigenvalue weighted by Crippen LogP contribution is -2.44. The highest BCUT2D eigenvalue weighted by atomic mass is 16.2. The molecule has 5 nitrogen and oxygen atoms in total. The van der Waals surface area contributed by atoms with Crippen molar-refractivity contribution in [3.05, 3.63) is 78.2 Å². The van der Waals surface area contributed by atoms with Gasteiger partial charge in [0.1, 0.15) is 0 Å². The predicted octanol–water partition coefficient (Wildman–Crippen LogP) is 3.46. The van der Waals surface area contributed by atoms with Gasteiger partial charge >= 0.3 is 0 Å². The van der Waals surface area contributed by atoms with E-state index in [4.69, 9.17) is 5.73 Å². The number of anilines is 1. The van der Waals surface area contributed by atoms with Crippen LogP contribution in [0.5, 0.6) is 0 Å². The van der Waals surface area contributed by atoms with Crippen molar-refractivity contribution in [3.8, 4) is 0 Å². The van der Waals surface area contributed by atoms with Gasteiger partial charge in [-0.05, 0) is 25.3 Å². The van der Waals surface area contributed by atoms with Gasteiger partial charge in [0.25, 0.3) is 5.91 Å². The molecule has 2 aromatic rings. The molecule has 0 radical (unpaired) electrons. The second-order valence-electron chi connectivity index (χ2n) is 6.14. The number of nitrogens with zero attached hydrogens (tertiary/aromatic N) is 3. The Balaban J connectivity index is 2.03. The fraction of sp³-hybridized carbons (Fsp3) is 0.250. The van der Waals surface area contributed by atoms with E-state index in [0.29, 0.717) is 11.3 Å². The van der Waals surface area contributed by atoms with Crippen molar-refractivity contribution in [2.45, 2.75) is 31.8 Å². The molecule has 1 aromatic heterocycles. The number of aromatic nitrogens is 2. The molecule has 0 saturated carbocycles. The van der Waals surface area contributed by atoms with Gasteiger partial charge in [-0.2, -0.15) is 0 Å². The van der Waals surface area contributed by atoms with Gasteiger partial charge in [0.2, 0.25) is 5.95 Å². The summed E-state index contributed by atoms with van der Waals surface area (Å²) in [5, 5.41) is 0. The number of aryl methyl sites for hydroxylation is 1. The van der Waals surface area contributed by atoms with Crippen LogP contribution < -0.4 is 5.73 Å². The molecule has 0 aliphatic carbocycles. The van der Waals surface area contributed by atoms with E-state index in [0.717, 1.165) is 18.4 Å². The molecule has 1 amide bonds. The van der Waals surface area contributed by atoms with Crippen molar-refractivity contribution < 1.29 is 4.79 Å². The highest BCUT2D eigenvalue weighted by Crippen LogP contribution is 2.33. The zero-order chi connectivity index (χ0) is 17.8. The molecule has 5 heteroatoms. The van der Waals surface area contributed by atoms with Crippen molar-refractivity contribution >= 4 is 11.9 Å². The molecule has 0 spiro atoms. The number of hydrogen-bond donors (Lipinski definition) is 1. The third-order valence-electron chi connectivity index (χ3n) is 4.46. The van der Waals surface area contributed by atoms with Crippen LogP contribution in [0, 0.1) is 6.92 Å². The van der Waals surface area contributed by atoms with Gasteiger partial charge in [0.05, 0.1) is 17.3 Å². The van der Waals surface area contributed by atoms with E-state index in [9.17, 15) is 4.79 Å². The zero-order valence-corrected chi connectivity index (χ0v) is 14.3. The van der Waals surface area contributed by atoms with Crippen molar-refractivity contribution in [3.63, 3.8) is 0 Å². The first-order valence-electron chi connectivity index (χ1n) is 8.36. The minimum absolute atomic E-state index is 0.0529. The number of amides is 1. The summed E-state index contributed by atoms with van der Waals surface area (Å²) in [6.45, 7) is 5.63. The van der Waals surface area contributed by atoms with Crippen LogP contribution in [0.2, 0.25) is 0 Å². The Kier molecular flexibility index (Phi) is 4.93. The molecule has 1 aliphatic heterocycles. The summed E-state index contributed by atoms with van der Waals surface area (Å²) < 4.78 is 0. The molecule has 0 unspecified atom stereocenters. The number of hydrogen-bond acceptors (Lipinski definition) is 4. The SMILES string of the molecule is C=CC[C@@H]1CC=C[C@@H](c2ccccc2)N1C(=O)c1cnc(N)nc1C. The lowest BCUT2D eigenvalue weighted by Gasteiger charge is -2.39. The normalized spacial score (nSPS) is 19.6. The standard InChI is InChI=1S/C20H22N4O/c1-3-8-16-11-7-12-18(15-9-5-4-6-10-15)24(16)19(25)17-13-22-20(21)23-14(17)2/h3-7,9-10,12-13,16,18H,1,8,11H2,2H3,(H2,21,22,23)/t16-,18+/m1/s1. The van der Waals surface area contributed by atoms with Crippen LogP contribution in [0.1, 0.15) is 40.5 Å². The van der Waals surface area contributed by atoms with Crippen LogP contribution in [0.4, 0.5) is 5.95 Å². The summed E-state index contributed by atoms with van der Waals surface area (Å²) in [6, 6.07) is 9.96. The highest BCUT2D eigenvalue weighted by molar-refractivity contribution is 5.95. The maximum Gasteiger partial charge on any atom is 0.258 e. The van der Waals surface area contributed by atoms with Crippen LogP contribution in [0.15, 0.2) is 61.3 Å². The van der Waals surface area contributed by atoms with Crippen LogP contribution >= 0.6 is 0 Å². The third kappa shape index (κ3) is 3.45. The Hall–Kier alpha value is -2.95. The summed E-state index contributed by atoms with van der Waals surface area (Å²) >= 11 is 0. The molecule has 1 aliphatic rings. The molecular formula is C20H22N4O. The van der Waals surface area contributed by atoms with Crippen LogP contribution in [0.25, 0.3) is 0 Å². The van der Waals surface area contributed by atoms with E-state index >= 15 is 0 Å². The lowest BCUT2D eigenvalue weighted by molar-refractivity contribution is 0.0601. The first-order chi connectivity index (χ1) is 12.1. The highest BCUT2D eigenvalue weighted by Gasteiger charge is 2.33. The monoisotopic (exact) mass is 334 g/mol. The second-order valence-corrected chi connectivity index (χ2v) is 6.14. The molecule has 128 valence electrons. The molecule has 2 N–H and O–H groups in total. The van der Waals surface area contributed by atoms with Gasteiger partial charge in [0, 0.05) is 12.2 Å². The van der Waals surface area contributed by atoms with E-state index < -0.39 is 0 Å². The van der Waals surface area contributed by atoms with E-state index in [1.54, 1.807) is 6.92 Å². The van der Waals surface area contributed by atoms with Gasteiger partial charge in [-0.1, -0.05) is 48.6 Å². The summed E-state index contributed by atoms with van der Waals surface area (Å²) in [6.07, 6.45) is 9.14. The van der Waals surface area contributed by atoms with Gasteiger partial charge in [0.15, 0.2) is 0 Å². The summed E-state index contributed by atoms with van der Waals surface area (Å²) in [7, 11) is 0. The third-order valence-corrected chi connectivity index (χ3v) is 4.46. The fourth-order valence-electron chi connectivity index (χ4n) is 3.25. The first-order valence-corrected chi connectivity index (χ1v) is 8.36. The zero-order valence-electron chi connectivity index (χ0n) is 14.3. The van der Waals surface area contributed by atoms with Crippen molar-refractivity contribution in [1.29, 1.82) is 0 Å². The summed E-state index contributed by atoms with van der Waals surface area (Å²) in [5.41, 5.74) is 7.79. The van der Waals surface area contributed by atoms with Gasteiger partial charge in [-0.25, -0.2) is 9.97 Å². The number of carbonyl (C=O) groups is 1. The minimum Gasteiger partial charge on any atom is -0.368 e. The number of nitrogens with two attached hydrogens (primary N) is 1. The van der Waals surface area contributed by atoms with Gasteiger partial charge in [-0.3, -0.25) is 4.79 Å². The van der Waals surface area contributed by atoms with Crippen LogP contribution in [-0.4, -0.2) is 26.8 Å². The number of nitrogen functional groups attached to an aromatic ring is 1. The minimum atomic E-state index is -0.121. The first kappa shape index (κ1) is 16.9. The maximum atomic E-state index is 13.3. The Morgan fingerprint density at radius 1 is 1.40 bits per heavy atom. The molecule has 0 saturated heterocycles. The Labute approximate surface area is 147 Å². The Morgan fingerprint density at radius 3 is 2.84 bits per heavy atom. The average molecular weight is 334 g/mol. The molecule has 0 fully saturated rings. The number of benzene rings is 1. The Bertz CT molecular complexity index is 801. The molecule has 2 heterocycles. The Morgan fingerprint density at radius 2 is 2.16 bits per heavy atom. The fourth-order valence-corrected chi connectivity index (χ4v) is 3.25. The molecular weight excluding hydrogens is 312 g/mol. The number of rotatable bonds is 4. The summed E-state index contributed by atoms with van der Waals surface area (Å²) in [4.78, 5) is 23.4.